The molecule has 0 saturated heterocycles. The van der Waals surface area contributed by atoms with Crippen molar-refractivity contribution in [1.82, 2.24) is 5.32 Å². The molecule has 2 aromatic carbocycles. The number of carbonyl (C=O) groups excluding carboxylic acids is 1. The average molecular weight is 295 g/mol. The van der Waals surface area contributed by atoms with Crippen molar-refractivity contribution in [3.8, 4) is 11.1 Å². The summed E-state index contributed by atoms with van der Waals surface area (Å²) in [5, 5.41) is 11.0. The van der Waals surface area contributed by atoms with E-state index < -0.39 is 5.97 Å². The second kappa shape index (κ2) is 4.98. The highest BCUT2D eigenvalue weighted by atomic mass is 16.4. The summed E-state index contributed by atoms with van der Waals surface area (Å²) in [4.78, 5) is 22.6. The van der Waals surface area contributed by atoms with Gasteiger partial charge in [-0.2, -0.15) is 0 Å². The maximum atomic E-state index is 12.0. The van der Waals surface area contributed by atoms with Crippen molar-refractivity contribution in [3.05, 3.63) is 59.2 Å². The number of carboxylic acids is 1. The summed E-state index contributed by atoms with van der Waals surface area (Å²) in [6, 6.07) is 13.7. The Labute approximate surface area is 128 Å². The van der Waals surface area contributed by atoms with Crippen LogP contribution in [0.2, 0.25) is 0 Å². The third-order valence-electron chi connectivity index (χ3n) is 4.25. The Balaban J connectivity index is 2.03. The van der Waals surface area contributed by atoms with Gasteiger partial charge in [-0.05, 0) is 34.4 Å². The fourth-order valence-corrected chi connectivity index (χ4v) is 3.12. The number of carbonyl (C=O) groups is 2. The molecule has 0 unspecified atom stereocenters. The van der Waals surface area contributed by atoms with Crippen molar-refractivity contribution in [3.63, 3.8) is 0 Å². The van der Waals surface area contributed by atoms with Crippen molar-refractivity contribution >= 4 is 11.9 Å². The van der Waals surface area contributed by atoms with Gasteiger partial charge in [0.05, 0.1) is 0 Å². The van der Waals surface area contributed by atoms with Gasteiger partial charge in [0.1, 0.15) is 6.54 Å². The van der Waals surface area contributed by atoms with Gasteiger partial charge in [-0.1, -0.05) is 44.2 Å². The number of hydrogen-bond donors (Lipinski definition) is 2. The highest BCUT2D eigenvalue weighted by molar-refractivity contribution is 5.98. The minimum Gasteiger partial charge on any atom is -0.480 e. The number of rotatable bonds is 3. The second-order valence-corrected chi connectivity index (χ2v) is 6.01. The third-order valence-corrected chi connectivity index (χ3v) is 4.25. The highest BCUT2D eigenvalue weighted by Crippen LogP contribution is 2.48. The first-order valence-electron chi connectivity index (χ1n) is 7.15. The summed E-state index contributed by atoms with van der Waals surface area (Å²) >= 11 is 0. The first kappa shape index (κ1) is 14.3. The largest absolute Gasteiger partial charge is 0.480 e. The second-order valence-electron chi connectivity index (χ2n) is 6.01. The lowest BCUT2D eigenvalue weighted by atomic mass is 9.82. The van der Waals surface area contributed by atoms with Crippen LogP contribution in [0.15, 0.2) is 42.5 Å². The van der Waals surface area contributed by atoms with Gasteiger partial charge in [-0.15, -0.1) is 0 Å². The molecule has 4 nitrogen and oxygen atoms in total. The van der Waals surface area contributed by atoms with E-state index in [1.54, 1.807) is 6.07 Å². The van der Waals surface area contributed by atoms with E-state index in [2.05, 4.69) is 31.3 Å². The van der Waals surface area contributed by atoms with Gasteiger partial charge in [0, 0.05) is 11.0 Å². The molecule has 112 valence electrons. The lowest BCUT2D eigenvalue weighted by Gasteiger charge is -2.21. The van der Waals surface area contributed by atoms with E-state index in [1.807, 2.05) is 24.3 Å². The predicted octanol–water partition coefficient (Wildman–Crippen LogP) is 2.81. The molecule has 0 saturated carbocycles. The van der Waals surface area contributed by atoms with E-state index in [-0.39, 0.29) is 17.9 Å². The van der Waals surface area contributed by atoms with E-state index in [9.17, 15) is 9.59 Å². The molecule has 0 heterocycles. The number of aliphatic carboxylic acids is 1. The van der Waals surface area contributed by atoms with Crippen LogP contribution in [0, 0.1) is 0 Å². The van der Waals surface area contributed by atoms with Crippen molar-refractivity contribution in [2.24, 2.45) is 0 Å². The minimum atomic E-state index is -1.05. The summed E-state index contributed by atoms with van der Waals surface area (Å²) in [7, 11) is 0. The van der Waals surface area contributed by atoms with Crippen molar-refractivity contribution < 1.29 is 14.7 Å². The van der Waals surface area contributed by atoms with Crippen LogP contribution in [-0.4, -0.2) is 23.5 Å². The summed E-state index contributed by atoms with van der Waals surface area (Å²) < 4.78 is 0. The lowest BCUT2D eigenvalue weighted by molar-refractivity contribution is -0.135. The number of hydrogen-bond acceptors (Lipinski definition) is 2. The zero-order valence-corrected chi connectivity index (χ0v) is 12.5. The van der Waals surface area contributed by atoms with E-state index >= 15 is 0 Å². The molecule has 4 heteroatoms. The van der Waals surface area contributed by atoms with Gasteiger partial charge >= 0.3 is 5.97 Å². The molecular formula is C18H17NO3. The monoisotopic (exact) mass is 295 g/mol. The smallest absolute Gasteiger partial charge is 0.322 e. The van der Waals surface area contributed by atoms with E-state index in [4.69, 9.17) is 5.11 Å². The quantitative estimate of drug-likeness (QED) is 0.915. The molecule has 1 amide bonds. The van der Waals surface area contributed by atoms with Crippen LogP contribution >= 0.6 is 0 Å². The number of amides is 1. The predicted molar refractivity (Wildman–Crippen MR) is 84.0 cm³/mol. The molecule has 2 aromatic rings. The Morgan fingerprint density at radius 1 is 1.05 bits per heavy atom. The summed E-state index contributed by atoms with van der Waals surface area (Å²) in [6.07, 6.45) is 0. The first-order chi connectivity index (χ1) is 10.4. The van der Waals surface area contributed by atoms with Crippen LogP contribution in [0.5, 0.6) is 0 Å². The van der Waals surface area contributed by atoms with Crippen LogP contribution in [-0.2, 0) is 10.2 Å². The van der Waals surface area contributed by atoms with Gasteiger partial charge in [0.2, 0.25) is 0 Å². The Hall–Kier alpha value is -2.62. The number of nitrogens with one attached hydrogen (secondary N) is 1. The summed E-state index contributed by atoms with van der Waals surface area (Å²) in [5.41, 5.74) is 4.99. The van der Waals surface area contributed by atoms with Gasteiger partial charge in [-0.25, -0.2) is 0 Å². The molecule has 3 rings (SSSR count). The van der Waals surface area contributed by atoms with Crippen LogP contribution < -0.4 is 5.32 Å². The molecule has 1 aliphatic rings. The molecule has 0 fully saturated rings. The lowest BCUT2D eigenvalue weighted by Crippen LogP contribution is -2.29. The summed E-state index contributed by atoms with van der Waals surface area (Å²) in [5.74, 6) is -1.42. The molecule has 0 aliphatic heterocycles. The topological polar surface area (TPSA) is 66.4 Å². The molecule has 0 radical (unpaired) electrons. The van der Waals surface area contributed by atoms with Crippen LogP contribution in [0.25, 0.3) is 11.1 Å². The Morgan fingerprint density at radius 3 is 2.45 bits per heavy atom. The van der Waals surface area contributed by atoms with Gasteiger partial charge in [-0.3, -0.25) is 9.59 Å². The van der Waals surface area contributed by atoms with Gasteiger partial charge in [0.15, 0.2) is 0 Å². The molecule has 0 aromatic heterocycles. The number of benzene rings is 2. The Kier molecular flexibility index (Phi) is 3.24. The molecule has 2 N–H and O–H groups in total. The standard InChI is InChI=1S/C18H17NO3/c1-18(2)14-6-4-3-5-12(14)13-9-11(7-8-15(13)18)17(22)19-10-16(20)21/h3-9H,10H2,1-2H3,(H,19,22)(H,20,21). The fourth-order valence-electron chi connectivity index (χ4n) is 3.12. The van der Waals surface area contributed by atoms with E-state index in [0.717, 1.165) is 11.1 Å². The number of fused-ring (bicyclic) bond motifs is 3. The number of carboxylic acid groups (broad SMARTS) is 1. The van der Waals surface area contributed by atoms with Crippen LogP contribution in [0.1, 0.15) is 35.3 Å². The summed E-state index contributed by atoms with van der Waals surface area (Å²) in [6.45, 7) is 3.96. The molecule has 1 aliphatic carbocycles. The normalized spacial score (nSPS) is 14.1. The maximum Gasteiger partial charge on any atom is 0.322 e. The van der Waals surface area contributed by atoms with E-state index in [0.29, 0.717) is 5.56 Å². The van der Waals surface area contributed by atoms with Gasteiger partial charge in [0.25, 0.3) is 5.91 Å². The van der Waals surface area contributed by atoms with Crippen molar-refractivity contribution in [2.45, 2.75) is 19.3 Å². The fraction of sp³-hybridized carbons (Fsp3) is 0.222. The van der Waals surface area contributed by atoms with Crippen molar-refractivity contribution in [2.75, 3.05) is 6.54 Å². The Bertz CT molecular complexity index is 778. The molecule has 0 atom stereocenters. The first-order valence-corrected chi connectivity index (χ1v) is 7.15. The SMILES string of the molecule is CC1(C)c2ccccc2-c2cc(C(=O)NCC(=O)O)ccc21. The Morgan fingerprint density at radius 2 is 1.73 bits per heavy atom. The zero-order valence-electron chi connectivity index (χ0n) is 12.5. The van der Waals surface area contributed by atoms with Gasteiger partial charge < -0.3 is 10.4 Å². The molecule has 0 bridgehead atoms. The average Bonchev–Trinajstić information content (AvgIpc) is 2.73. The zero-order chi connectivity index (χ0) is 15.9. The van der Waals surface area contributed by atoms with Crippen LogP contribution in [0.4, 0.5) is 0 Å². The van der Waals surface area contributed by atoms with E-state index in [1.165, 1.54) is 11.1 Å². The molecule has 0 spiro atoms. The highest BCUT2D eigenvalue weighted by Gasteiger charge is 2.35. The third kappa shape index (κ3) is 2.17. The van der Waals surface area contributed by atoms with Crippen molar-refractivity contribution in [1.29, 1.82) is 0 Å². The maximum absolute atomic E-state index is 12.0. The van der Waals surface area contributed by atoms with Crippen LogP contribution in [0.3, 0.4) is 0 Å². The molecular weight excluding hydrogens is 278 g/mol. The molecule has 22 heavy (non-hydrogen) atoms. The minimum absolute atomic E-state index is 0.0952.